The maximum atomic E-state index is 12.5. The number of benzene rings is 3. The van der Waals surface area contributed by atoms with Crippen molar-refractivity contribution in [2.45, 2.75) is 51.9 Å². The minimum absolute atomic E-state index is 0.0756. The van der Waals surface area contributed by atoms with E-state index in [0.717, 1.165) is 47.3 Å². The molecule has 1 aliphatic rings. The number of esters is 1. The summed E-state index contributed by atoms with van der Waals surface area (Å²) in [6, 6.07) is 23.6. The third kappa shape index (κ3) is 7.24. The van der Waals surface area contributed by atoms with Crippen molar-refractivity contribution in [3.05, 3.63) is 111 Å². The summed E-state index contributed by atoms with van der Waals surface area (Å²) in [5, 5.41) is 20.6. The number of halogens is 1. The standard InChI is InChI=1S/C31H32ClNO5/c1-21-8-6-11-23(16-21)18-33-27(29-30(35)28(19-34)38-31(29)36)15-5-2-9-22-10-7-13-25(17-22)37-20-24-12-3-4-14-26(24)32/h3-4,6-8,10-14,16-17,28,34-35H,2,5,9,15,18-20H2,1H3. The van der Waals surface area contributed by atoms with Crippen LogP contribution >= 0.6 is 11.6 Å². The average molecular weight is 534 g/mol. The van der Waals surface area contributed by atoms with Gasteiger partial charge in [-0.2, -0.15) is 0 Å². The molecule has 1 heterocycles. The quantitative estimate of drug-likeness (QED) is 0.162. The number of unbranched alkanes of at least 4 members (excludes halogenated alkanes) is 1. The normalized spacial score (nSPS) is 15.6. The highest BCUT2D eigenvalue weighted by Crippen LogP contribution is 2.25. The Morgan fingerprint density at radius 3 is 2.58 bits per heavy atom. The number of nitrogens with zero attached hydrogens (tertiary/aromatic N) is 1. The minimum Gasteiger partial charge on any atom is -0.507 e. The lowest BCUT2D eigenvalue weighted by atomic mass is 10.0. The highest BCUT2D eigenvalue weighted by molar-refractivity contribution is 6.31. The molecule has 198 valence electrons. The van der Waals surface area contributed by atoms with E-state index in [1.165, 1.54) is 0 Å². The van der Waals surface area contributed by atoms with Gasteiger partial charge in [0.25, 0.3) is 0 Å². The highest BCUT2D eigenvalue weighted by Gasteiger charge is 2.36. The van der Waals surface area contributed by atoms with Crippen LogP contribution in [0, 0.1) is 6.92 Å². The molecule has 0 radical (unpaired) electrons. The van der Waals surface area contributed by atoms with Gasteiger partial charge in [0, 0.05) is 10.6 Å². The Kier molecular flexibility index (Phi) is 9.57. The predicted octanol–water partition coefficient (Wildman–Crippen LogP) is 6.31. The van der Waals surface area contributed by atoms with Crippen molar-refractivity contribution >= 4 is 23.3 Å². The lowest BCUT2D eigenvalue weighted by Gasteiger charge is -2.10. The smallest absolute Gasteiger partial charge is 0.344 e. The van der Waals surface area contributed by atoms with E-state index >= 15 is 0 Å². The predicted molar refractivity (Wildman–Crippen MR) is 149 cm³/mol. The van der Waals surface area contributed by atoms with Crippen LogP contribution in [0.25, 0.3) is 0 Å². The average Bonchev–Trinajstić information content (AvgIpc) is 3.21. The number of aryl methyl sites for hydroxylation is 2. The third-order valence-electron chi connectivity index (χ3n) is 6.38. The molecule has 0 saturated heterocycles. The van der Waals surface area contributed by atoms with Crippen LogP contribution in [0.1, 0.15) is 41.5 Å². The molecule has 0 saturated carbocycles. The lowest BCUT2D eigenvalue weighted by Crippen LogP contribution is -2.15. The molecule has 2 N–H and O–H groups in total. The van der Waals surface area contributed by atoms with Crippen molar-refractivity contribution in [3.63, 3.8) is 0 Å². The van der Waals surface area contributed by atoms with Gasteiger partial charge >= 0.3 is 5.97 Å². The molecule has 4 rings (SSSR count). The van der Waals surface area contributed by atoms with Crippen LogP contribution in [0.15, 0.2) is 89.1 Å². The topological polar surface area (TPSA) is 88.3 Å². The van der Waals surface area contributed by atoms with Gasteiger partial charge in [0.2, 0.25) is 0 Å². The first-order valence-corrected chi connectivity index (χ1v) is 13.1. The molecule has 38 heavy (non-hydrogen) atoms. The summed E-state index contributed by atoms with van der Waals surface area (Å²) in [5.74, 6) is -0.113. The van der Waals surface area contributed by atoms with Crippen molar-refractivity contribution in [3.8, 4) is 5.75 Å². The van der Waals surface area contributed by atoms with E-state index in [-0.39, 0.29) is 11.3 Å². The third-order valence-corrected chi connectivity index (χ3v) is 6.75. The Morgan fingerprint density at radius 1 is 1.03 bits per heavy atom. The number of aliphatic imine (C=N–C) groups is 1. The summed E-state index contributed by atoms with van der Waals surface area (Å²) in [4.78, 5) is 17.2. The SMILES string of the molecule is Cc1cccc(CN=C(CCCCc2cccc(OCc3ccccc3Cl)c2)C2=C(O)C(CO)OC2=O)c1. The maximum absolute atomic E-state index is 12.5. The van der Waals surface area contributed by atoms with Crippen LogP contribution < -0.4 is 4.74 Å². The summed E-state index contributed by atoms with van der Waals surface area (Å²) in [7, 11) is 0. The second-order valence-corrected chi connectivity index (χ2v) is 9.73. The number of ether oxygens (including phenoxy) is 2. The summed E-state index contributed by atoms with van der Waals surface area (Å²) in [5.41, 5.74) is 4.79. The summed E-state index contributed by atoms with van der Waals surface area (Å²) in [6.45, 7) is 2.32. The molecule has 0 aliphatic carbocycles. The molecule has 1 unspecified atom stereocenters. The number of aliphatic hydroxyl groups is 2. The monoisotopic (exact) mass is 533 g/mol. The second-order valence-electron chi connectivity index (χ2n) is 9.32. The van der Waals surface area contributed by atoms with Crippen LogP contribution in [0.5, 0.6) is 5.75 Å². The number of carbonyl (C=O) groups excluding carboxylic acids is 1. The molecular weight excluding hydrogens is 502 g/mol. The van der Waals surface area contributed by atoms with Gasteiger partial charge in [-0.3, -0.25) is 4.99 Å². The number of carbonyl (C=O) groups is 1. The van der Waals surface area contributed by atoms with E-state index < -0.39 is 18.7 Å². The van der Waals surface area contributed by atoms with Gasteiger partial charge in [-0.1, -0.05) is 71.8 Å². The number of cyclic esters (lactones) is 1. The molecule has 6 nitrogen and oxygen atoms in total. The van der Waals surface area contributed by atoms with Crippen molar-refractivity contribution < 1.29 is 24.5 Å². The first-order valence-electron chi connectivity index (χ1n) is 12.7. The van der Waals surface area contributed by atoms with Gasteiger partial charge < -0.3 is 19.7 Å². The first-order chi connectivity index (χ1) is 18.4. The zero-order chi connectivity index (χ0) is 26.9. The van der Waals surface area contributed by atoms with Crippen molar-refractivity contribution in [1.29, 1.82) is 0 Å². The molecule has 7 heteroatoms. The van der Waals surface area contributed by atoms with Crippen molar-refractivity contribution in [2.75, 3.05) is 6.61 Å². The summed E-state index contributed by atoms with van der Waals surface area (Å²) < 4.78 is 11.1. The van der Waals surface area contributed by atoms with E-state index in [0.29, 0.717) is 30.3 Å². The molecule has 0 bridgehead atoms. The van der Waals surface area contributed by atoms with Gasteiger partial charge in [-0.05, 0) is 61.9 Å². The molecular formula is C31H32ClNO5. The number of hydrogen-bond donors (Lipinski definition) is 2. The lowest BCUT2D eigenvalue weighted by molar-refractivity contribution is -0.141. The molecule has 0 fully saturated rings. The molecule has 1 aliphatic heterocycles. The zero-order valence-electron chi connectivity index (χ0n) is 21.4. The number of aliphatic hydroxyl groups excluding tert-OH is 2. The van der Waals surface area contributed by atoms with Crippen molar-refractivity contribution in [2.24, 2.45) is 4.99 Å². The Hall–Kier alpha value is -3.61. The second kappa shape index (κ2) is 13.3. The van der Waals surface area contributed by atoms with Gasteiger partial charge in [-0.25, -0.2) is 4.79 Å². The highest BCUT2D eigenvalue weighted by atomic mass is 35.5. The fourth-order valence-electron chi connectivity index (χ4n) is 4.37. The Labute approximate surface area is 228 Å². The fourth-order valence-corrected chi connectivity index (χ4v) is 4.56. The molecule has 3 aromatic carbocycles. The molecule has 0 amide bonds. The zero-order valence-corrected chi connectivity index (χ0v) is 22.2. The maximum Gasteiger partial charge on any atom is 0.344 e. The van der Waals surface area contributed by atoms with Crippen LogP contribution in [0.4, 0.5) is 0 Å². The summed E-state index contributed by atoms with van der Waals surface area (Å²) >= 11 is 6.23. The van der Waals surface area contributed by atoms with Crippen LogP contribution in [-0.4, -0.2) is 34.6 Å². The van der Waals surface area contributed by atoms with Gasteiger partial charge in [-0.15, -0.1) is 0 Å². The Balaban J connectivity index is 1.38. The van der Waals surface area contributed by atoms with E-state index in [1.54, 1.807) is 0 Å². The van der Waals surface area contributed by atoms with Crippen LogP contribution in [0.2, 0.25) is 5.02 Å². The van der Waals surface area contributed by atoms with Gasteiger partial charge in [0.1, 0.15) is 17.9 Å². The number of hydrogen-bond acceptors (Lipinski definition) is 6. The van der Waals surface area contributed by atoms with E-state index in [2.05, 4.69) is 6.07 Å². The molecule has 0 aromatic heterocycles. The first kappa shape index (κ1) is 27.4. The van der Waals surface area contributed by atoms with E-state index in [1.807, 2.05) is 73.7 Å². The van der Waals surface area contributed by atoms with Crippen LogP contribution in [0.3, 0.4) is 0 Å². The largest absolute Gasteiger partial charge is 0.507 e. The van der Waals surface area contributed by atoms with Gasteiger partial charge in [0.15, 0.2) is 11.9 Å². The molecule has 1 atom stereocenters. The van der Waals surface area contributed by atoms with Gasteiger partial charge in [0.05, 0.1) is 18.9 Å². The fraction of sp³-hybridized carbons (Fsp3) is 0.290. The van der Waals surface area contributed by atoms with E-state index in [9.17, 15) is 15.0 Å². The van der Waals surface area contributed by atoms with E-state index in [4.69, 9.17) is 26.1 Å². The Morgan fingerprint density at radius 2 is 1.82 bits per heavy atom. The Bertz CT molecular complexity index is 1330. The number of rotatable bonds is 12. The molecule has 3 aromatic rings. The minimum atomic E-state index is -1.03. The van der Waals surface area contributed by atoms with Crippen LogP contribution in [-0.2, 0) is 29.1 Å². The summed E-state index contributed by atoms with van der Waals surface area (Å²) in [6.07, 6.45) is 1.90. The molecule has 0 spiro atoms. The van der Waals surface area contributed by atoms with Crippen molar-refractivity contribution in [1.82, 2.24) is 0 Å².